The van der Waals surface area contributed by atoms with E-state index in [1.54, 1.807) is 0 Å². The molecule has 0 bridgehead atoms. The van der Waals surface area contributed by atoms with Crippen LogP contribution in [0.3, 0.4) is 0 Å². The van der Waals surface area contributed by atoms with Crippen molar-refractivity contribution in [2.75, 3.05) is 0 Å². The fourth-order valence-corrected chi connectivity index (χ4v) is 2.03. The van der Waals surface area contributed by atoms with Gasteiger partial charge in [-0.1, -0.05) is 48.7 Å². The van der Waals surface area contributed by atoms with Gasteiger partial charge >= 0.3 is 0 Å². The summed E-state index contributed by atoms with van der Waals surface area (Å²) in [5, 5.41) is 0. The summed E-state index contributed by atoms with van der Waals surface area (Å²) in [5.41, 5.74) is 2.34. The molecule has 0 radical (unpaired) electrons. The summed E-state index contributed by atoms with van der Waals surface area (Å²) >= 11 is 10.5. The van der Waals surface area contributed by atoms with Crippen molar-refractivity contribution in [1.82, 2.24) is 0 Å². The maximum absolute atomic E-state index is 5.25. The molecule has 0 heterocycles. The Bertz CT molecular complexity index is 318. The first-order chi connectivity index (χ1) is 5.79. The van der Waals surface area contributed by atoms with E-state index in [1.807, 2.05) is 12.1 Å². The van der Waals surface area contributed by atoms with Crippen LogP contribution in [0.25, 0.3) is 0 Å². The Balaban J connectivity index is 2.62. The standard InChI is InChI=1S/C10H8S2/c11-9-5-6-10(12)8-4-2-1-3-7(8)9/h1-4H,5-6H2. The maximum Gasteiger partial charge on any atom is 0.0234 e. The number of rotatable bonds is 0. The fraction of sp³-hybridized carbons (Fsp3) is 0.200. The highest BCUT2D eigenvalue weighted by molar-refractivity contribution is 7.81. The average Bonchev–Trinajstić information content (AvgIpc) is 2.12. The minimum Gasteiger partial charge on any atom is -0.0842 e. The van der Waals surface area contributed by atoms with Crippen LogP contribution in [0.5, 0.6) is 0 Å². The van der Waals surface area contributed by atoms with Gasteiger partial charge in [-0.25, -0.2) is 0 Å². The van der Waals surface area contributed by atoms with Gasteiger partial charge in [0.15, 0.2) is 0 Å². The topological polar surface area (TPSA) is 0 Å². The van der Waals surface area contributed by atoms with Gasteiger partial charge in [0.05, 0.1) is 0 Å². The summed E-state index contributed by atoms with van der Waals surface area (Å²) in [6, 6.07) is 8.14. The molecule has 0 saturated heterocycles. The molecule has 0 nitrogen and oxygen atoms in total. The predicted octanol–water partition coefficient (Wildman–Crippen LogP) is 2.92. The first kappa shape index (κ1) is 8.02. The Kier molecular flexibility index (Phi) is 2.03. The molecule has 0 atom stereocenters. The summed E-state index contributed by atoms with van der Waals surface area (Å²) in [5.74, 6) is 0. The number of thiocarbonyl (C=S) groups is 2. The molecule has 0 fully saturated rings. The third kappa shape index (κ3) is 1.21. The molecule has 0 aromatic heterocycles. The van der Waals surface area contributed by atoms with Gasteiger partial charge in [-0.15, -0.1) is 0 Å². The second-order valence-electron chi connectivity index (χ2n) is 2.89. The van der Waals surface area contributed by atoms with Crippen molar-refractivity contribution in [3.63, 3.8) is 0 Å². The van der Waals surface area contributed by atoms with Crippen molar-refractivity contribution in [3.05, 3.63) is 35.4 Å². The molecule has 1 aliphatic carbocycles. The molecule has 0 unspecified atom stereocenters. The van der Waals surface area contributed by atoms with Crippen molar-refractivity contribution in [2.45, 2.75) is 12.8 Å². The second-order valence-corrected chi connectivity index (χ2v) is 3.88. The van der Waals surface area contributed by atoms with E-state index < -0.39 is 0 Å². The van der Waals surface area contributed by atoms with Crippen LogP contribution in [0.15, 0.2) is 24.3 Å². The van der Waals surface area contributed by atoms with E-state index in [4.69, 9.17) is 24.4 Å². The Morgan fingerprint density at radius 2 is 1.25 bits per heavy atom. The zero-order chi connectivity index (χ0) is 8.55. The smallest absolute Gasteiger partial charge is 0.0234 e. The molecule has 12 heavy (non-hydrogen) atoms. The van der Waals surface area contributed by atoms with Gasteiger partial charge in [-0.3, -0.25) is 0 Å². The van der Waals surface area contributed by atoms with Crippen molar-refractivity contribution >= 4 is 34.2 Å². The van der Waals surface area contributed by atoms with Gasteiger partial charge in [-0.05, 0) is 24.0 Å². The van der Waals surface area contributed by atoms with Crippen molar-refractivity contribution in [3.8, 4) is 0 Å². The molecular formula is C10H8S2. The summed E-state index contributed by atoms with van der Waals surface area (Å²) in [6.45, 7) is 0. The highest BCUT2D eigenvalue weighted by Crippen LogP contribution is 2.22. The van der Waals surface area contributed by atoms with E-state index in [2.05, 4.69) is 12.1 Å². The van der Waals surface area contributed by atoms with Crippen LogP contribution in [-0.4, -0.2) is 9.73 Å². The van der Waals surface area contributed by atoms with Crippen LogP contribution in [0.1, 0.15) is 24.0 Å². The van der Waals surface area contributed by atoms with Crippen LogP contribution in [0.4, 0.5) is 0 Å². The number of fused-ring (bicyclic) bond motifs is 1. The number of benzene rings is 1. The first-order valence-electron chi connectivity index (χ1n) is 3.94. The van der Waals surface area contributed by atoms with Crippen LogP contribution < -0.4 is 0 Å². The summed E-state index contributed by atoms with van der Waals surface area (Å²) in [7, 11) is 0. The molecule has 2 rings (SSSR count). The average molecular weight is 192 g/mol. The predicted molar refractivity (Wildman–Crippen MR) is 59.1 cm³/mol. The van der Waals surface area contributed by atoms with Gasteiger partial charge in [0.2, 0.25) is 0 Å². The van der Waals surface area contributed by atoms with E-state index in [-0.39, 0.29) is 0 Å². The molecule has 1 aliphatic rings. The molecule has 0 spiro atoms. The monoisotopic (exact) mass is 192 g/mol. The van der Waals surface area contributed by atoms with Gasteiger partial charge in [-0.2, -0.15) is 0 Å². The third-order valence-corrected chi connectivity index (χ3v) is 2.96. The molecule has 2 heteroatoms. The summed E-state index contributed by atoms with van der Waals surface area (Å²) < 4.78 is 0. The normalized spacial score (nSPS) is 16.0. The molecule has 0 saturated carbocycles. The van der Waals surface area contributed by atoms with E-state index in [1.165, 1.54) is 11.1 Å². The summed E-state index contributed by atoms with van der Waals surface area (Å²) in [4.78, 5) is 2.11. The molecule has 1 aromatic carbocycles. The third-order valence-electron chi connectivity index (χ3n) is 2.11. The quantitative estimate of drug-likeness (QED) is 0.580. The van der Waals surface area contributed by atoms with Crippen LogP contribution in [0.2, 0.25) is 0 Å². The summed E-state index contributed by atoms with van der Waals surface area (Å²) in [6.07, 6.45) is 1.90. The van der Waals surface area contributed by atoms with Gasteiger partial charge in [0.1, 0.15) is 0 Å². The minimum atomic E-state index is 0.950. The molecule has 60 valence electrons. The Hall–Kier alpha value is -0.600. The van der Waals surface area contributed by atoms with Gasteiger partial charge < -0.3 is 0 Å². The number of hydrogen-bond acceptors (Lipinski definition) is 2. The molecule has 0 amide bonds. The molecule has 0 N–H and O–H groups in total. The highest BCUT2D eigenvalue weighted by Gasteiger charge is 2.16. The molecular weight excluding hydrogens is 184 g/mol. The zero-order valence-corrected chi connectivity index (χ0v) is 8.17. The van der Waals surface area contributed by atoms with E-state index >= 15 is 0 Å². The lowest BCUT2D eigenvalue weighted by Gasteiger charge is -2.16. The highest BCUT2D eigenvalue weighted by atomic mass is 32.1. The largest absolute Gasteiger partial charge is 0.0842 e. The number of hydrogen-bond donors (Lipinski definition) is 0. The van der Waals surface area contributed by atoms with E-state index in [0.717, 1.165) is 22.6 Å². The van der Waals surface area contributed by atoms with Crippen LogP contribution in [-0.2, 0) is 0 Å². The van der Waals surface area contributed by atoms with Gasteiger partial charge in [0, 0.05) is 9.73 Å². The molecule has 0 aliphatic heterocycles. The molecule has 1 aromatic rings. The first-order valence-corrected chi connectivity index (χ1v) is 4.76. The Morgan fingerprint density at radius 1 is 0.833 bits per heavy atom. The second kappa shape index (κ2) is 3.04. The lowest BCUT2D eigenvalue weighted by atomic mass is 9.91. The lowest BCUT2D eigenvalue weighted by molar-refractivity contribution is 1.16. The fourth-order valence-electron chi connectivity index (χ4n) is 1.47. The zero-order valence-electron chi connectivity index (χ0n) is 6.54. The Morgan fingerprint density at radius 3 is 1.67 bits per heavy atom. The van der Waals surface area contributed by atoms with Crippen molar-refractivity contribution in [1.29, 1.82) is 0 Å². The lowest BCUT2D eigenvalue weighted by Crippen LogP contribution is -2.14. The van der Waals surface area contributed by atoms with E-state index in [9.17, 15) is 0 Å². The van der Waals surface area contributed by atoms with E-state index in [0.29, 0.717) is 0 Å². The van der Waals surface area contributed by atoms with Crippen LogP contribution in [0, 0.1) is 0 Å². The van der Waals surface area contributed by atoms with Gasteiger partial charge in [0.25, 0.3) is 0 Å². The van der Waals surface area contributed by atoms with Crippen LogP contribution >= 0.6 is 24.4 Å². The van der Waals surface area contributed by atoms with Crippen molar-refractivity contribution in [2.24, 2.45) is 0 Å². The Labute approximate surface area is 82.6 Å². The van der Waals surface area contributed by atoms with Crippen molar-refractivity contribution < 1.29 is 0 Å². The SMILES string of the molecule is S=C1CCC(=S)c2ccccc21. The minimum absolute atomic E-state index is 0.950. The maximum atomic E-state index is 5.25.